The molecule has 3 aromatic carbocycles. The largest absolute Gasteiger partial charge is 0.355 e. The van der Waals surface area contributed by atoms with E-state index in [2.05, 4.69) is 109 Å². The molecule has 0 aliphatic carbocycles. The van der Waals surface area contributed by atoms with Crippen molar-refractivity contribution >= 4 is 29.5 Å². The summed E-state index contributed by atoms with van der Waals surface area (Å²) in [6.07, 6.45) is 12.6. The second kappa shape index (κ2) is 10.0. The van der Waals surface area contributed by atoms with Gasteiger partial charge in [-0.1, -0.05) is 103 Å². The molecular formula is C32H26N2. The van der Waals surface area contributed by atoms with Crippen molar-refractivity contribution in [2.24, 2.45) is 4.99 Å². The number of aromatic nitrogens is 1. The van der Waals surface area contributed by atoms with Gasteiger partial charge in [0.15, 0.2) is 0 Å². The number of allylic oxidation sites excluding steroid dienone is 3. The summed E-state index contributed by atoms with van der Waals surface area (Å²) in [6.45, 7) is 2.11. The molecule has 0 unspecified atom stereocenters. The molecule has 1 aliphatic heterocycles. The molecule has 0 saturated heterocycles. The third-order valence-corrected chi connectivity index (χ3v) is 5.74. The molecule has 0 bridgehead atoms. The highest BCUT2D eigenvalue weighted by atomic mass is 14.8. The average Bonchev–Trinajstić information content (AvgIpc) is 3.54. The van der Waals surface area contributed by atoms with Gasteiger partial charge in [0, 0.05) is 17.0 Å². The van der Waals surface area contributed by atoms with E-state index in [4.69, 9.17) is 4.99 Å². The molecule has 2 nitrogen and oxygen atoms in total. The van der Waals surface area contributed by atoms with E-state index in [-0.39, 0.29) is 0 Å². The maximum absolute atomic E-state index is 4.94. The van der Waals surface area contributed by atoms with Crippen molar-refractivity contribution < 1.29 is 0 Å². The Kier molecular flexibility index (Phi) is 6.31. The first-order chi connectivity index (χ1) is 16.7. The molecule has 164 valence electrons. The van der Waals surface area contributed by atoms with E-state index in [1.807, 2.05) is 36.4 Å². The fourth-order valence-electron chi connectivity index (χ4n) is 3.92. The molecule has 1 aliphatic rings. The van der Waals surface area contributed by atoms with E-state index in [9.17, 15) is 0 Å². The number of nitrogens with one attached hydrogen (secondary N) is 1. The molecule has 5 rings (SSSR count). The van der Waals surface area contributed by atoms with E-state index >= 15 is 0 Å². The van der Waals surface area contributed by atoms with Crippen molar-refractivity contribution in [3.8, 4) is 0 Å². The van der Waals surface area contributed by atoms with Crippen molar-refractivity contribution in [2.45, 2.75) is 6.92 Å². The van der Waals surface area contributed by atoms with Crippen LogP contribution in [0.1, 0.15) is 33.6 Å². The molecule has 2 heteroatoms. The molecule has 34 heavy (non-hydrogen) atoms. The Balaban J connectivity index is 1.49. The summed E-state index contributed by atoms with van der Waals surface area (Å²) in [5.74, 6) is 0. The number of nitrogens with zero attached hydrogens (tertiary/aromatic N) is 1. The summed E-state index contributed by atoms with van der Waals surface area (Å²) in [6, 6.07) is 33.5. The van der Waals surface area contributed by atoms with E-state index in [0.29, 0.717) is 0 Å². The van der Waals surface area contributed by atoms with Gasteiger partial charge in [0.25, 0.3) is 0 Å². The molecule has 0 amide bonds. The van der Waals surface area contributed by atoms with Crippen molar-refractivity contribution in [1.29, 1.82) is 0 Å². The second-order valence-electron chi connectivity index (χ2n) is 8.31. The van der Waals surface area contributed by atoms with Gasteiger partial charge >= 0.3 is 0 Å². The highest BCUT2D eigenvalue weighted by Gasteiger charge is 2.15. The number of benzene rings is 3. The smallest absolute Gasteiger partial charge is 0.0736 e. The molecule has 0 atom stereocenters. The van der Waals surface area contributed by atoms with Crippen LogP contribution in [0.3, 0.4) is 0 Å². The molecule has 0 spiro atoms. The van der Waals surface area contributed by atoms with Crippen LogP contribution in [0.25, 0.3) is 23.8 Å². The Hall–Kier alpha value is -4.43. The lowest BCUT2D eigenvalue weighted by Gasteiger charge is -2.09. The van der Waals surface area contributed by atoms with Gasteiger partial charge in [-0.25, -0.2) is 4.99 Å². The fraction of sp³-hybridized carbons (Fsp3) is 0.0312. The van der Waals surface area contributed by atoms with Crippen molar-refractivity contribution in [2.75, 3.05) is 0 Å². The van der Waals surface area contributed by atoms with Crippen LogP contribution < -0.4 is 0 Å². The van der Waals surface area contributed by atoms with Gasteiger partial charge in [-0.15, -0.1) is 0 Å². The van der Waals surface area contributed by atoms with Gasteiger partial charge in [-0.3, -0.25) is 0 Å². The monoisotopic (exact) mass is 438 g/mol. The second-order valence-corrected chi connectivity index (χ2v) is 8.31. The van der Waals surface area contributed by atoms with E-state index in [1.54, 1.807) is 0 Å². The summed E-state index contributed by atoms with van der Waals surface area (Å²) < 4.78 is 0. The molecule has 4 aromatic rings. The minimum absolute atomic E-state index is 0.944. The lowest BCUT2D eigenvalue weighted by Crippen LogP contribution is -1.93. The molecule has 0 saturated carbocycles. The zero-order valence-electron chi connectivity index (χ0n) is 19.1. The summed E-state index contributed by atoms with van der Waals surface area (Å²) in [5.41, 5.74) is 9.82. The summed E-state index contributed by atoms with van der Waals surface area (Å²) in [5, 5.41) is 0. The third-order valence-electron chi connectivity index (χ3n) is 5.74. The van der Waals surface area contributed by atoms with Crippen molar-refractivity contribution in [1.82, 2.24) is 4.98 Å². The van der Waals surface area contributed by atoms with Crippen LogP contribution in [0.15, 0.2) is 126 Å². The Morgan fingerprint density at radius 2 is 1.29 bits per heavy atom. The third kappa shape index (κ3) is 5.13. The van der Waals surface area contributed by atoms with Gasteiger partial charge in [0.2, 0.25) is 0 Å². The zero-order chi connectivity index (χ0) is 23.2. The first kappa shape index (κ1) is 21.4. The quantitative estimate of drug-likeness (QED) is 0.316. The highest BCUT2D eigenvalue weighted by Crippen LogP contribution is 2.30. The van der Waals surface area contributed by atoms with Crippen molar-refractivity contribution in [3.05, 3.63) is 155 Å². The molecule has 2 heterocycles. The number of hydrogen-bond acceptors (Lipinski definition) is 1. The average molecular weight is 439 g/mol. The first-order valence-electron chi connectivity index (χ1n) is 11.5. The minimum atomic E-state index is 0.944. The van der Waals surface area contributed by atoms with Crippen LogP contribution in [0, 0.1) is 6.92 Å². The van der Waals surface area contributed by atoms with Gasteiger partial charge in [-0.2, -0.15) is 0 Å². The maximum atomic E-state index is 4.94. The van der Waals surface area contributed by atoms with Gasteiger partial charge < -0.3 is 4.98 Å². The maximum Gasteiger partial charge on any atom is 0.0736 e. The van der Waals surface area contributed by atoms with Crippen LogP contribution in [-0.4, -0.2) is 10.7 Å². The van der Waals surface area contributed by atoms with Crippen LogP contribution in [-0.2, 0) is 0 Å². The number of aromatic amines is 1. The minimum Gasteiger partial charge on any atom is -0.355 e. The Morgan fingerprint density at radius 1 is 0.647 bits per heavy atom. The fourth-order valence-corrected chi connectivity index (χ4v) is 3.92. The zero-order valence-corrected chi connectivity index (χ0v) is 19.1. The summed E-state index contributed by atoms with van der Waals surface area (Å²) in [7, 11) is 0. The number of aliphatic imine (C=N–C) groups is 1. The Bertz CT molecular complexity index is 1410. The first-order valence-corrected chi connectivity index (χ1v) is 11.5. The van der Waals surface area contributed by atoms with Crippen LogP contribution >= 0.6 is 0 Å². The van der Waals surface area contributed by atoms with E-state index < -0.39 is 0 Å². The van der Waals surface area contributed by atoms with Gasteiger partial charge in [-0.05, 0) is 60.1 Å². The lowest BCUT2D eigenvalue weighted by atomic mass is 9.99. The number of rotatable bonds is 6. The lowest BCUT2D eigenvalue weighted by molar-refractivity contribution is 1.29. The molecule has 0 radical (unpaired) electrons. The SMILES string of the molecule is Cc1ccc(/C(=C2\C=CC(/C=C/c3ccccc3)=N2)c2ccc(/C=C/c3ccccc3)[nH]2)cc1. The van der Waals surface area contributed by atoms with E-state index in [0.717, 1.165) is 39.5 Å². The highest BCUT2D eigenvalue weighted by molar-refractivity contribution is 6.10. The van der Waals surface area contributed by atoms with Crippen LogP contribution in [0.4, 0.5) is 0 Å². The molecule has 1 N–H and O–H groups in total. The van der Waals surface area contributed by atoms with Crippen LogP contribution in [0.5, 0.6) is 0 Å². The molecule has 1 aromatic heterocycles. The summed E-state index contributed by atoms with van der Waals surface area (Å²) in [4.78, 5) is 8.52. The number of aryl methyl sites for hydroxylation is 1. The molecule has 0 fully saturated rings. The van der Waals surface area contributed by atoms with Crippen LogP contribution in [0.2, 0.25) is 0 Å². The van der Waals surface area contributed by atoms with Gasteiger partial charge in [0.05, 0.1) is 11.4 Å². The number of hydrogen-bond donors (Lipinski definition) is 1. The predicted octanol–water partition coefficient (Wildman–Crippen LogP) is 7.98. The van der Waals surface area contributed by atoms with Gasteiger partial charge in [0.1, 0.15) is 0 Å². The topological polar surface area (TPSA) is 28.1 Å². The molecular weight excluding hydrogens is 412 g/mol. The van der Waals surface area contributed by atoms with Crippen molar-refractivity contribution in [3.63, 3.8) is 0 Å². The normalized spacial score (nSPS) is 14.8. The number of H-pyrrole nitrogens is 1. The van der Waals surface area contributed by atoms with E-state index in [1.165, 1.54) is 11.1 Å². The Labute approximate surface area is 201 Å². The Morgan fingerprint density at radius 3 is 1.97 bits per heavy atom. The standard InChI is InChI=1S/C32H26N2/c1-24-12-16-27(17-13-24)32(30-22-20-28(33-30)18-14-25-8-4-2-5-9-25)31-23-21-29(34-31)19-15-26-10-6-3-7-11-26/h2-23,33H,1H3/b18-14+,19-15+,32-31-. The summed E-state index contributed by atoms with van der Waals surface area (Å²) >= 11 is 0. The predicted molar refractivity (Wildman–Crippen MR) is 145 cm³/mol.